The van der Waals surface area contributed by atoms with Crippen molar-refractivity contribution in [1.29, 1.82) is 0 Å². The highest BCUT2D eigenvalue weighted by Crippen LogP contribution is 2.32. The van der Waals surface area contributed by atoms with Crippen LogP contribution in [0.5, 0.6) is 0 Å². The summed E-state index contributed by atoms with van der Waals surface area (Å²) < 4.78 is 0. The van der Waals surface area contributed by atoms with Crippen molar-refractivity contribution in [1.82, 2.24) is 4.90 Å². The zero-order chi connectivity index (χ0) is 15.7. The van der Waals surface area contributed by atoms with Gasteiger partial charge in [0.15, 0.2) is 0 Å². The van der Waals surface area contributed by atoms with Crippen molar-refractivity contribution in [2.45, 2.75) is 89.6 Å². The average molecular weight is 314 g/mol. The van der Waals surface area contributed by atoms with Crippen LogP contribution in [0.15, 0.2) is 30.3 Å². The van der Waals surface area contributed by atoms with Crippen LogP contribution in [0.4, 0.5) is 0 Å². The van der Waals surface area contributed by atoms with Gasteiger partial charge in [0.2, 0.25) is 0 Å². The largest absolute Gasteiger partial charge is 0.296 e. The van der Waals surface area contributed by atoms with Crippen LogP contribution in [0.3, 0.4) is 0 Å². The van der Waals surface area contributed by atoms with Crippen LogP contribution in [0.25, 0.3) is 0 Å². The molecule has 3 rings (SSSR count). The van der Waals surface area contributed by atoms with Crippen molar-refractivity contribution in [3.63, 3.8) is 0 Å². The second kappa shape index (κ2) is 9.47. The minimum atomic E-state index is 0.841. The number of hydrogen-bond donors (Lipinski definition) is 0. The normalized spacial score (nSPS) is 26.0. The molecule has 0 N–H and O–H groups in total. The Hall–Kier alpha value is -0.820. The number of rotatable bonds is 3. The van der Waals surface area contributed by atoms with Gasteiger partial charge in [0.1, 0.15) is 0 Å². The topological polar surface area (TPSA) is 3.24 Å². The Kier molecular flexibility index (Phi) is 7.01. The fourth-order valence-corrected chi connectivity index (χ4v) is 4.79. The number of nitrogens with zero attached hydrogens (tertiary/aromatic N) is 1. The van der Waals surface area contributed by atoms with E-state index in [0.29, 0.717) is 0 Å². The van der Waals surface area contributed by atoms with Gasteiger partial charge in [-0.2, -0.15) is 0 Å². The molecule has 0 amide bonds. The van der Waals surface area contributed by atoms with Gasteiger partial charge in [-0.15, -0.1) is 0 Å². The molecular formula is C22H35N. The third-order valence-electron chi connectivity index (χ3n) is 6.09. The van der Waals surface area contributed by atoms with E-state index in [9.17, 15) is 0 Å². The number of benzene rings is 1. The van der Waals surface area contributed by atoms with Gasteiger partial charge in [0.05, 0.1) is 0 Å². The molecule has 128 valence electrons. The smallest absolute Gasteiger partial charge is 0.0236 e. The van der Waals surface area contributed by atoms with Crippen LogP contribution < -0.4 is 0 Å². The van der Waals surface area contributed by atoms with Crippen molar-refractivity contribution < 1.29 is 0 Å². The van der Waals surface area contributed by atoms with E-state index in [1.807, 2.05) is 0 Å². The van der Waals surface area contributed by atoms with Gasteiger partial charge >= 0.3 is 0 Å². The third kappa shape index (κ3) is 5.35. The van der Waals surface area contributed by atoms with Crippen molar-refractivity contribution in [2.75, 3.05) is 6.54 Å². The molecule has 1 nitrogen and oxygen atoms in total. The fourth-order valence-electron chi connectivity index (χ4n) is 4.79. The van der Waals surface area contributed by atoms with Crippen LogP contribution in [0.2, 0.25) is 0 Å². The number of hydrogen-bond acceptors (Lipinski definition) is 1. The van der Waals surface area contributed by atoms with Gasteiger partial charge in [-0.05, 0) is 43.7 Å². The Morgan fingerprint density at radius 2 is 1.30 bits per heavy atom. The van der Waals surface area contributed by atoms with Crippen LogP contribution in [-0.2, 0) is 6.54 Å². The molecule has 2 fully saturated rings. The monoisotopic (exact) mass is 313 g/mol. The molecule has 1 saturated heterocycles. The first-order valence-corrected chi connectivity index (χ1v) is 10.2. The van der Waals surface area contributed by atoms with Gasteiger partial charge in [0, 0.05) is 12.6 Å². The Morgan fingerprint density at radius 1 is 0.696 bits per heavy atom. The molecule has 1 atom stereocenters. The minimum Gasteiger partial charge on any atom is -0.296 e. The Balaban J connectivity index is 1.70. The maximum atomic E-state index is 2.86. The molecule has 1 saturated carbocycles. The first-order chi connectivity index (χ1) is 11.4. The third-order valence-corrected chi connectivity index (χ3v) is 6.09. The minimum absolute atomic E-state index is 0.841. The molecule has 1 heteroatoms. The lowest BCUT2D eigenvalue weighted by atomic mass is 9.82. The predicted octanol–water partition coefficient (Wildman–Crippen LogP) is 6.18. The van der Waals surface area contributed by atoms with Gasteiger partial charge in [-0.1, -0.05) is 81.7 Å². The standard InChI is InChI=1S/C22H35N/c1-2-9-15-21(16-10-3-1)22-17-11-4-5-12-18-23(22)19-20-13-7-6-8-14-20/h6-8,13-14,21-22H,1-5,9-12,15-19H2. The van der Waals surface area contributed by atoms with E-state index < -0.39 is 0 Å². The van der Waals surface area contributed by atoms with Gasteiger partial charge < -0.3 is 0 Å². The van der Waals surface area contributed by atoms with E-state index in [1.54, 1.807) is 0 Å². The van der Waals surface area contributed by atoms with E-state index in [4.69, 9.17) is 0 Å². The molecule has 1 aromatic rings. The summed E-state index contributed by atoms with van der Waals surface area (Å²) in [6.07, 6.45) is 17.5. The first kappa shape index (κ1) is 17.0. The lowest BCUT2D eigenvalue weighted by Gasteiger charge is -2.39. The van der Waals surface area contributed by atoms with Gasteiger partial charge in [0.25, 0.3) is 0 Å². The second-order valence-electron chi connectivity index (χ2n) is 7.83. The fraction of sp³-hybridized carbons (Fsp3) is 0.727. The molecule has 0 radical (unpaired) electrons. The van der Waals surface area contributed by atoms with E-state index in [1.165, 1.54) is 95.7 Å². The Bertz CT molecular complexity index is 419. The van der Waals surface area contributed by atoms with E-state index in [-0.39, 0.29) is 0 Å². The molecule has 0 aromatic heterocycles. The lowest BCUT2D eigenvalue weighted by Crippen LogP contribution is -2.42. The highest BCUT2D eigenvalue weighted by Gasteiger charge is 2.28. The SMILES string of the molecule is c1ccc(CN2CCCCCCC2C2CCCCCCC2)cc1. The summed E-state index contributed by atoms with van der Waals surface area (Å²) in [5.74, 6) is 0.956. The van der Waals surface area contributed by atoms with Crippen molar-refractivity contribution in [3.8, 4) is 0 Å². The molecule has 1 aliphatic carbocycles. The van der Waals surface area contributed by atoms with Crippen LogP contribution in [0.1, 0.15) is 82.6 Å². The predicted molar refractivity (Wildman–Crippen MR) is 99.5 cm³/mol. The van der Waals surface area contributed by atoms with Crippen LogP contribution >= 0.6 is 0 Å². The van der Waals surface area contributed by atoms with Crippen LogP contribution in [-0.4, -0.2) is 17.5 Å². The summed E-state index contributed by atoms with van der Waals surface area (Å²) in [4.78, 5) is 2.86. The van der Waals surface area contributed by atoms with Gasteiger partial charge in [-0.3, -0.25) is 4.90 Å². The van der Waals surface area contributed by atoms with Crippen molar-refractivity contribution in [2.24, 2.45) is 5.92 Å². The summed E-state index contributed by atoms with van der Waals surface area (Å²) >= 11 is 0. The number of likely N-dealkylation sites (tertiary alicyclic amines) is 1. The first-order valence-electron chi connectivity index (χ1n) is 10.2. The molecule has 0 spiro atoms. The molecular weight excluding hydrogens is 278 g/mol. The maximum absolute atomic E-state index is 2.86. The van der Waals surface area contributed by atoms with E-state index in [0.717, 1.165) is 12.0 Å². The van der Waals surface area contributed by atoms with E-state index in [2.05, 4.69) is 35.2 Å². The Labute approximate surface area is 143 Å². The Morgan fingerprint density at radius 3 is 2.04 bits per heavy atom. The summed E-state index contributed by atoms with van der Waals surface area (Å²) in [6.45, 7) is 2.48. The summed E-state index contributed by atoms with van der Waals surface area (Å²) in [5, 5.41) is 0. The second-order valence-corrected chi connectivity index (χ2v) is 7.83. The summed E-state index contributed by atoms with van der Waals surface area (Å²) in [5.41, 5.74) is 1.50. The average Bonchev–Trinajstić information content (AvgIpc) is 2.52. The van der Waals surface area contributed by atoms with Crippen molar-refractivity contribution >= 4 is 0 Å². The molecule has 1 unspecified atom stereocenters. The van der Waals surface area contributed by atoms with E-state index >= 15 is 0 Å². The summed E-state index contributed by atoms with van der Waals surface area (Å²) in [7, 11) is 0. The van der Waals surface area contributed by atoms with Crippen LogP contribution in [0, 0.1) is 5.92 Å². The molecule has 1 heterocycles. The zero-order valence-corrected chi connectivity index (χ0v) is 14.9. The molecule has 0 bridgehead atoms. The highest BCUT2D eigenvalue weighted by molar-refractivity contribution is 5.14. The molecule has 2 aliphatic rings. The van der Waals surface area contributed by atoms with Gasteiger partial charge in [-0.25, -0.2) is 0 Å². The maximum Gasteiger partial charge on any atom is 0.0236 e. The summed E-state index contributed by atoms with van der Waals surface area (Å²) in [6, 6.07) is 12.0. The highest BCUT2D eigenvalue weighted by atomic mass is 15.2. The molecule has 1 aliphatic heterocycles. The molecule has 1 aromatic carbocycles. The zero-order valence-electron chi connectivity index (χ0n) is 14.9. The molecule has 23 heavy (non-hydrogen) atoms. The quantitative estimate of drug-likeness (QED) is 0.644. The van der Waals surface area contributed by atoms with Crippen molar-refractivity contribution in [3.05, 3.63) is 35.9 Å². The lowest BCUT2D eigenvalue weighted by molar-refractivity contribution is 0.0958.